The zero-order valence-corrected chi connectivity index (χ0v) is 9.92. The maximum atomic E-state index is 10.9. The van der Waals surface area contributed by atoms with E-state index in [9.17, 15) is 24.9 Å². The highest BCUT2D eigenvalue weighted by Crippen LogP contribution is 2.29. The van der Waals surface area contributed by atoms with Gasteiger partial charge in [0.1, 0.15) is 5.44 Å². The second-order valence-electron chi connectivity index (χ2n) is 3.52. The van der Waals surface area contributed by atoms with Gasteiger partial charge >= 0.3 is 0 Å². The monoisotopic (exact) mass is 270 g/mol. The van der Waals surface area contributed by atoms with Gasteiger partial charge in [-0.05, 0) is 5.56 Å². The molecule has 98 valence electrons. The summed E-state index contributed by atoms with van der Waals surface area (Å²) in [5.74, 6) is -3.76. The molecular weight excluding hydrogens is 260 g/mol. The van der Waals surface area contributed by atoms with E-state index < -0.39 is 28.7 Å². The molecule has 0 aliphatic heterocycles. The first kappa shape index (κ1) is 14.5. The van der Waals surface area contributed by atoms with Crippen molar-refractivity contribution in [3.63, 3.8) is 0 Å². The molecule has 0 radical (unpaired) electrons. The maximum Gasteiger partial charge on any atom is 0.156 e. The lowest BCUT2D eigenvalue weighted by atomic mass is 10.1. The van der Waals surface area contributed by atoms with Crippen LogP contribution in [0.5, 0.6) is 0 Å². The Hall–Kier alpha value is -1.57. The molecule has 0 saturated carbocycles. The van der Waals surface area contributed by atoms with Gasteiger partial charge in [0.15, 0.2) is 4.93 Å². The number of hydrogen-bond acceptors (Lipinski definition) is 7. The van der Waals surface area contributed by atoms with Crippen LogP contribution in [-0.2, 0) is 16.0 Å². The predicted molar refractivity (Wildman–Crippen MR) is 58.7 cm³/mol. The summed E-state index contributed by atoms with van der Waals surface area (Å²) in [6.45, 7) is 0. The summed E-state index contributed by atoms with van der Waals surface area (Å²) in [7, 11) is 0. The van der Waals surface area contributed by atoms with Gasteiger partial charge in [-0.1, -0.05) is 42.1 Å². The van der Waals surface area contributed by atoms with Crippen molar-refractivity contribution in [2.75, 3.05) is 0 Å². The van der Waals surface area contributed by atoms with E-state index in [2.05, 4.69) is 0 Å². The molecule has 0 spiro atoms. The second kappa shape index (κ2) is 5.85. The number of aliphatic hydroxyl groups excluding tert-OH is 1. The van der Waals surface area contributed by atoms with Crippen molar-refractivity contribution in [1.82, 2.24) is 0 Å². The Labute approximate surface area is 107 Å². The van der Waals surface area contributed by atoms with E-state index >= 15 is 0 Å². The molecule has 0 amide bonds. The van der Waals surface area contributed by atoms with Gasteiger partial charge < -0.3 is 30.0 Å². The van der Waals surface area contributed by atoms with Crippen LogP contribution in [0.2, 0.25) is 0 Å². The highest BCUT2D eigenvalue weighted by atomic mass is 32.2. The van der Waals surface area contributed by atoms with Crippen LogP contribution in [-0.4, -0.2) is 32.5 Å². The molecule has 0 bridgehead atoms. The number of thioether (sulfide) groups is 1. The molecule has 0 aliphatic rings. The number of carbonyl (C=O) groups is 2. The number of carboxylic acid groups (broad SMARTS) is 2. The molecule has 0 fully saturated rings. The second-order valence-corrected chi connectivity index (χ2v) is 4.88. The largest absolute Gasteiger partial charge is 0.546 e. The van der Waals surface area contributed by atoms with Gasteiger partial charge in [-0.3, -0.25) is 0 Å². The number of carbonyl (C=O) groups excluding carboxylic acids is 2. The van der Waals surface area contributed by atoms with Crippen LogP contribution in [0.15, 0.2) is 30.3 Å². The van der Waals surface area contributed by atoms with Crippen LogP contribution in [0.25, 0.3) is 0 Å². The molecule has 7 heteroatoms. The van der Waals surface area contributed by atoms with E-state index in [1.807, 2.05) is 0 Å². The van der Waals surface area contributed by atoms with Crippen LogP contribution < -0.4 is 10.2 Å². The van der Waals surface area contributed by atoms with Crippen LogP contribution in [0.1, 0.15) is 5.56 Å². The summed E-state index contributed by atoms with van der Waals surface area (Å²) in [6, 6.07) is 8.07. The third-order valence-corrected chi connectivity index (χ3v) is 3.23. The SMILES string of the molecule is O=C([O-])C(O)SC(O)(Cc1ccccc1)C(=O)[O-]. The Morgan fingerprint density at radius 3 is 2.28 bits per heavy atom. The number of aliphatic hydroxyl groups is 2. The molecule has 2 unspecified atom stereocenters. The topological polar surface area (TPSA) is 121 Å². The molecule has 0 saturated heterocycles. The third-order valence-electron chi connectivity index (χ3n) is 2.11. The van der Waals surface area contributed by atoms with E-state index in [0.717, 1.165) is 0 Å². The zero-order chi connectivity index (χ0) is 13.8. The minimum absolute atomic E-state index is 0.0549. The van der Waals surface area contributed by atoms with Gasteiger partial charge in [0.2, 0.25) is 0 Å². The first-order valence-corrected chi connectivity index (χ1v) is 5.77. The van der Waals surface area contributed by atoms with E-state index in [1.165, 1.54) is 0 Å². The van der Waals surface area contributed by atoms with Crippen molar-refractivity contribution < 1.29 is 30.0 Å². The summed E-state index contributed by atoms with van der Waals surface area (Å²) in [5.41, 5.74) is -1.70. The minimum Gasteiger partial charge on any atom is -0.546 e. The van der Waals surface area contributed by atoms with Gasteiger partial charge in [0, 0.05) is 6.42 Å². The van der Waals surface area contributed by atoms with Gasteiger partial charge in [-0.25, -0.2) is 0 Å². The van der Waals surface area contributed by atoms with Crippen molar-refractivity contribution in [2.24, 2.45) is 0 Å². The van der Waals surface area contributed by atoms with Crippen LogP contribution in [0.3, 0.4) is 0 Å². The lowest BCUT2D eigenvalue weighted by Gasteiger charge is -2.30. The van der Waals surface area contributed by atoms with Crippen LogP contribution in [0.4, 0.5) is 0 Å². The Morgan fingerprint density at radius 1 is 1.28 bits per heavy atom. The van der Waals surface area contributed by atoms with Crippen molar-refractivity contribution in [2.45, 2.75) is 16.8 Å². The molecule has 2 atom stereocenters. The quantitative estimate of drug-likeness (QED) is 0.547. The van der Waals surface area contributed by atoms with Gasteiger partial charge in [0.25, 0.3) is 0 Å². The first-order valence-electron chi connectivity index (χ1n) is 4.89. The smallest absolute Gasteiger partial charge is 0.156 e. The highest BCUT2D eigenvalue weighted by Gasteiger charge is 2.33. The van der Waals surface area contributed by atoms with Crippen LogP contribution in [0, 0.1) is 0 Å². The van der Waals surface area contributed by atoms with E-state index in [0.29, 0.717) is 5.56 Å². The molecule has 6 nitrogen and oxygen atoms in total. The molecule has 1 aromatic rings. The standard InChI is InChI=1S/C11H12O6S/c12-8(13)9(14)18-11(17,10(15)16)6-7-4-2-1-3-5-7/h1-5,9,14,17H,6H2,(H,12,13)(H,15,16)/p-2. The fourth-order valence-electron chi connectivity index (χ4n) is 1.27. The predicted octanol–water partition coefficient (Wildman–Crippen LogP) is -2.53. The molecule has 0 heterocycles. The van der Waals surface area contributed by atoms with E-state index in [1.54, 1.807) is 30.3 Å². The van der Waals surface area contributed by atoms with E-state index in [-0.39, 0.29) is 11.8 Å². The van der Waals surface area contributed by atoms with Crippen molar-refractivity contribution in [3.05, 3.63) is 35.9 Å². The molecule has 0 aromatic heterocycles. The third kappa shape index (κ3) is 3.73. The Kier molecular flexibility index (Phi) is 4.71. The first-order chi connectivity index (χ1) is 8.35. The summed E-state index contributed by atoms with van der Waals surface area (Å²) < 4.78 is 0. The molecule has 1 aromatic carbocycles. The van der Waals surface area contributed by atoms with Gasteiger partial charge in [-0.2, -0.15) is 0 Å². The van der Waals surface area contributed by atoms with Gasteiger partial charge in [0.05, 0.1) is 11.9 Å². The Balaban J connectivity index is 2.87. The fourth-order valence-corrected chi connectivity index (χ4v) is 2.08. The number of aliphatic carboxylic acids is 2. The average molecular weight is 270 g/mol. The number of rotatable bonds is 6. The Morgan fingerprint density at radius 2 is 1.83 bits per heavy atom. The normalized spacial score (nSPS) is 15.7. The molecule has 18 heavy (non-hydrogen) atoms. The lowest BCUT2D eigenvalue weighted by molar-refractivity contribution is -0.317. The minimum atomic E-state index is -2.54. The van der Waals surface area contributed by atoms with Crippen molar-refractivity contribution in [3.8, 4) is 0 Å². The number of benzene rings is 1. The van der Waals surface area contributed by atoms with Crippen molar-refractivity contribution in [1.29, 1.82) is 0 Å². The highest BCUT2D eigenvalue weighted by molar-refractivity contribution is 8.02. The number of carboxylic acids is 2. The van der Waals surface area contributed by atoms with Crippen molar-refractivity contribution >= 4 is 23.7 Å². The van der Waals surface area contributed by atoms with E-state index in [4.69, 9.17) is 5.11 Å². The molecule has 2 N–H and O–H groups in total. The molecular formula is C11H10O6S-2. The Bertz CT molecular complexity index is 434. The average Bonchev–Trinajstić information content (AvgIpc) is 2.29. The zero-order valence-electron chi connectivity index (χ0n) is 9.11. The summed E-state index contributed by atoms with van der Waals surface area (Å²) in [5, 5.41) is 40.1. The summed E-state index contributed by atoms with van der Waals surface area (Å²) in [6.07, 6.45) is -0.398. The lowest BCUT2D eigenvalue weighted by Crippen LogP contribution is -2.50. The fraction of sp³-hybridized carbons (Fsp3) is 0.273. The summed E-state index contributed by atoms with van der Waals surface area (Å²) >= 11 is -0.0549. The van der Waals surface area contributed by atoms with Gasteiger partial charge in [-0.15, -0.1) is 0 Å². The molecule has 1 rings (SSSR count). The number of hydrogen-bond donors (Lipinski definition) is 2. The summed E-state index contributed by atoms with van der Waals surface area (Å²) in [4.78, 5) is 18.7. The molecule has 0 aliphatic carbocycles. The van der Waals surface area contributed by atoms with Crippen LogP contribution >= 0.6 is 11.8 Å². The maximum absolute atomic E-state index is 10.9.